The van der Waals surface area contributed by atoms with Crippen molar-refractivity contribution in [1.82, 2.24) is 15.2 Å². The van der Waals surface area contributed by atoms with Crippen molar-refractivity contribution in [1.29, 1.82) is 0 Å². The topological polar surface area (TPSA) is 102 Å². The number of aliphatic carboxylic acids is 1. The van der Waals surface area contributed by atoms with Crippen LogP contribution in [0.2, 0.25) is 0 Å². The Morgan fingerprint density at radius 1 is 1.28 bits per heavy atom. The number of aromatic nitrogens is 1. The maximum absolute atomic E-state index is 12.5. The van der Waals surface area contributed by atoms with Crippen LogP contribution in [0.25, 0.3) is 10.9 Å². The molecular weight excluding hydrogens is 322 g/mol. The van der Waals surface area contributed by atoms with E-state index in [0.29, 0.717) is 6.42 Å². The predicted octanol–water partition coefficient (Wildman–Crippen LogP) is 1.54. The first-order chi connectivity index (χ1) is 11.8. The fourth-order valence-electron chi connectivity index (χ4n) is 2.84. The molecule has 1 aromatic heterocycles. The van der Waals surface area contributed by atoms with Crippen molar-refractivity contribution < 1.29 is 19.5 Å². The highest BCUT2D eigenvalue weighted by Gasteiger charge is 2.28. The van der Waals surface area contributed by atoms with Crippen molar-refractivity contribution >= 4 is 28.7 Å². The van der Waals surface area contributed by atoms with Gasteiger partial charge in [-0.05, 0) is 18.1 Å². The molecule has 2 amide bonds. The predicted molar refractivity (Wildman–Crippen MR) is 94.1 cm³/mol. The molecule has 7 nitrogen and oxygen atoms in total. The molecule has 0 bridgehead atoms. The van der Waals surface area contributed by atoms with Gasteiger partial charge >= 0.3 is 5.97 Å². The highest BCUT2D eigenvalue weighted by atomic mass is 16.4. The minimum atomic E-state index is -1.11. The van der Waals surface area contributed by atoms with Crippen molar-refractivity contribution in [3.8, 4) is 0 Å². The van der Waals surface area contributed by atoms with Gasteiger partial charge in [-0.25, -0.2) is 4.79 Å². The quantitative estimate of drug-likeness (QED) is 0.708. The first-order valence-corrected chi connectivity index (χ1v) is 8.16. The van der Waals surface area contributed by atoms with Crippen LogP contribution in [0.15, 0.2) is 30.5 Å². The lowest BCUT2D eigenvalue weighted by Gasteiger charge is -2.26. The summed E-state index contributed by atoms with van der Waals surface area (Å²) in [6.45, 7) is 3.15. The molecule has 0 spiro atoms. The van der Waals surface area contributed by atoms with E-state index in [2.05, 4.69) is 10.3 Å². The van der Waals surface area contributed by atoms with Crippen LogP contribution in [0.1, 0.15) is 25.8 Å². The monoisotopic (exact) mass is 345 g/mol. The van der Waals surface area contributed by atoms with Crippen LogP contribution < -0.4 is 5.32 Å². The van der Waals surface area contributed by atoms with E-state index < -0.39 is 24.0 Å². The molecular formula is C18H23N3O4. The number of carboxylic acids is 1. The van der Waals surface area contributed by atoms with Gasteiger partial charge in [-0.3, -0.25) is 9.59 Å². The molecule has 0 aliphatic heterocycles. The van der Waals surface area contributed by atoms with Gasteiger partial charge < -0.3 is 20.3 Å². The van der Waals surface area contributed by atoms with Gasteiger partial charge in [0.2, 0.25) is 11.8 Å². The second kappa shape index (κ2) is 7.83. The smallest absolute Gasteiger partial charge is 0.326 e. The van der Waals surface area contributed by atoms with Gasteiger partial charge in [-0.1, -0.05) is 25.1 Å². The number of rotatable bonds is 7. The van der Waals surface area contributed by atoms with Crippen LogP contribution in [-0.2, 0) is 20.8 Å². The van der Waals surface area contributed by atoms with Gasteiger partial charge in [0.05, 0.1) is 0 Å². The van der Waals surface area contributed by atoms with Crippen LogP contribution in [0.5, 0.6) is 0 Å². The zero-order chi connectivity index (χ0) is 18.6. The molecule has 0 saturated heterocycles. The number of hydrogen-bond acceptors (Lipinski definition) is 3. The first-order valence-electron chi connectivity index (χ1n) is 8.16. The Bertz CT molecular complexity index is 783. The summed E-state index contributed by atoms with van der Waals surface area (Å²) in [6, 6.07) is 5.82. The maximum atomic E-state index is 12.5. The van der Waals surface area contributed by atoms with Gasteiger partial charge in [0, 0.05) is 37.5 Å². The molecule has 0 aliphatic rings. The molecule has 2 atom stereocenters. The Hall–Kier alpha value is -2.83. The molecule has 2 aromatic rings. The molecule has 0 saturated carbocycles. The molecule has 0 radical (unpaired) electrons. The number of carboxylic acid groups (broad SMARTS) is 1. The second-order valence-electron chi connectivity index (χ2n) is 6.02. The van der Waals surface area contributed by atoms with E-state index in [1.807, 2.05) is 24.3 Å². The van der Waals surface area contributed by atoms with Crippen molar-refractivity contribution in [3.63, 3.8) is 0 Å². The summed E-state index contributed by atoms with van der Waals surface area (Å²) >= 11 is 0. The minimum absolute atomic E-state index is 0.158. The molecule has 7 heteroatoms. The number of nitrogens with one attached hydrogen (secondary N) is 2. The summed E-state index contributed by atoms with van der Waals surface area (Å²) < 4.78 is 0. The summed E-state index contributed by atoms with van der Waals surface area (Å²) in [5, 5.41) is 13.0. The number of benzene rings is 1. The van der Waals surface area contributed by atoms with Gasteiger partial charge in [0.25, 0.3) is 0 Å². The number of fused-ring (bicyclic) bond motifs is 1. The normalized spacial score (nSPS) is 13.2. The van der Waals surface area contributed by atoms with Crippen LogP contribution in [-0.4, -0.2) is 51.9 Å². The van der Waals surface area contributed by atoms with Crippen LogP contribution >= 0.6 is 0 Å². The summed E-state index contributed by atoms with van der Waals surface area (Å²) in [5.74, 6) is -1.82. The number of carbonyl (C=O) groups is 3. The summed E-state index contributed by atoms with van der Waals surface area (Å²) in [6.07, 6.45) is 2.32. The largest absolute Gasteiger partial charge is 0.480 e. The minimum Gasteiger partial charge on any atom is -0.480 e. The molecule has 3 N–H and O–H groups in total. The van der Waals surface area contributed by atoms with Crippen LogP contribution in [0, 0.1) is 0 Å². The van der Waals surface area contributed by atoms with E-state index >= 15 is 0 Å². The fourth-order valence-corrected chi connectivity index (χ4v) is 2.84. The molecule has 0 aliphatic carbocycles. The van der Waals surface area contributed by atoms with Gasteiger partial charge in [0.15, 0.2) is 0 Å². The fraction of sp³-hybridized carbons (Fsp3) is 0.389. The van der Waals surface area contributed by atoms with E-state index in [4.69, 9.17) is 0 Å². The third-order valence-corrected chi connectivity index (χ3v) is 4.37. The van der Waals surface area contributed by atoms with Gasteiger partial charge in [0.1, 0.15) is 12.1 Å². The molecule has 2 rings (SSSR count). The number of carbonyl (C=O) groups excluding carboxylic acids is 2. The van der Waals surface area contributed by atoms with E-state index in [1.165, 1.54) is 18.9 Å². The number of aromatic amines is 1. The van der Waals surface area contributed by atoms with E-state index in [9.17, 15) is 19.5 Å². The van der Waals surface area contributed by atoms with Gasteiger partial charge in [-0.2, -0.15) is 0 Å². The highest BCUT2D eigenvalue weighted by Crippen LogP contribution is 2.19. The molecule has 25 heavy (non-hydrogen) atoms. The third-order valence-electron chi connectivity index (χ3n) is 4.37. The Labute approximate surface area is 146 Å². The zero-order valence-corrected chi connectivity index (χ0v) is 14.6. The summed E-state index contributed by atoms with van der Waals surface area (Å²) in [5.41, 5.74) is 1.73. The standard InChI is InChI=1S/C18H23N3O4/c1-4-16(21(3)11(2)22)17(23)20-15(18(24)25)9-12-10-19-14-8-6-5-7-13(12)14/h5-8,10,15-16,19H,4,9H2,1-3H3,(H,20,23)(H,24,25). The number of likely N-dealkylation sites (N-methyl/N-ethyl adjacent to an activating group) is 1. The lowest BCUT2D eigenvalue weighted by molar-refractivity contribution is -0.143. The highest BCUT2D eigenvalue weighted by molar-refractivity contribution is 5.90. The maximum Gasteiger partial charge on any atom is 0.326 e. The SMILES string of the molecule is CCC(C(=O)NC(Cc1c[nH]c2ccccc12)C(=O)O)N(C)C(C)=O. The molecule has 1 heterocycles. The van der Waals surface area contributed by atoms with Crippen molar-refractivity contribution in [2.45, 2.75) is 38.8 Å². The second-order valence-corrected chi connectivity index (χ2v) is 6.02. The molecule has 0 fully saturated rings. The zero-order valence-electron chi connectivity index (χ0n) is 14.6. The van der Waals surface area contributed by atoms with E-state index in [0.717, 1.165) is 16.5 Å². The Balaban J connectivity index is 2.17. The van der Waals surface area contributed by atoms with Crippen molar-refractivity contribution in [2.24, 2.45) is 0 Å². The number of H-pyrrole nitrogens is 1. The average molecular weight is 345 g/mol. The average Bonchev–Trinajstić information content (AvgIpc) is 2.97. The van der Waals surface area contributed by atoms with Crippen molar-refractivity contribution in [2.75, 3.05) is 7.05 Å². The number of nitrogens with zero attached hydrogens (tertiary/aromatic N) is 1. The molecule has 1 aromatic carbocycles. The number of amides is 2. The van der Waals surface area contributed by atoms with Gasteiger partial charge in [-0.15, -0.1) is 0 Å². The third kappa shape index (κ3) is 4.17. The Kier molecular flexibility index (Phi) is 5.80. The Morgan fingerprint density at radius 2 is 1.96 bits per heavy atom. The van der Waals surface area contributed by atoms with Crippen molar-refractivity contribution in [3.05, 3.63) is 36.0 Å². The first kappa shape index (κ1) is 18.5. The lowest BCUT2D eigenvalue weighted by atomic mass is 10.0. The molecule has 2 unspecified atom stereocenters. The Morgan fingerprint density at radius 3 is 2.56 bits per heavy atom. The van der Waals surface area contributed by atoms with E-state index in [1.54, 1.807) is 13.1 Å². The van der Waals surface area contributed by atoms with Crippen LogP contribution in [0.4, 0.5) is 0 Å². The van der Waals surface area contributed by atoms with E-state index in [-0.39, 0.29) is 12.3 Å². The molecule has 134 valence electrons. The number of para-hydroxylation sites is 1. The van der Waals surface area contributed by atoms with Crippen LogP contribution in [0.3, 0.4) is 0 Å². The summed E-state index contributed by atoms with van der Waals surface area (Å²) in [4.78, 5) is 40.0. The lowest BCUT2D eigenvalue weighted by Crippen LogP contribution is -2.52. The number of hydrogen-bond donors (Lipinski definition) is 3. The summed E-state index contributed by atoms with van der Waals surface area (Å²) in [7, 11) is 1.53.